The topological polar surface area (TPSA) is 66.8 Å². The van der Waals surface area contributed by atoms with E-state index in [2.05, 4.69) is 6.92 Å². The fraction of sp³-hybridized carbons (Fsp3) is 0.467. The van der Waals surface area contributed by atoms with Gasteiger partial charge in [-0.2, -0.15) is 0 Å². The van der Waals surface area contributed by atoms with Crippen LogP contribution in [0.15, 0.2) is 24.3 Å². The van der Waals surface area contributed by atoms with Crippen molar-refractivity contribution < 1.29 is 19.4 Å². The molecule has 20 heavy (non-hydrogen) atoms. The molecule has 5 nitrogen and oxygen atoms in total. The number of rotatable bonds is 4. The summed E-state index contributed by atoms with van der Waals surface area (Å²) in [5.41, 5.74) is 1.73. The molecule has 5 heteroatoms. The first kappa shape index (κ1) is 14.5. The second-order valence-electron chi connectivity index (χ2n) is 5.02. The summed E-state index contributed by atoms with van der Waals surface area (Å²) in [4.78, 5) is 25.0. The molecule has 1 aromatic carbocycles. The Balaban J connectivity index is 2.13. The SMILES string of the molecule is CCc1ccc(C(=O)N(C)C2COCC2C(=O)O)cc1. The molecule has 0 aromatic heterocycles. The summed E-state index contributed by atoms with van der Waals surface area (Å²) in [6.07, 6.45) is 0.919. The van der Waals surface area contributed by atoms with Gasteiger partial charge in [0.15, 0.2) is 0 Å². The predicted molar refractivity (Wildman–Crippen MR) is 73.6 cm³/mol. The quantitative estimate of drug-likeness (QED) is 0.904. The minimum absolute atomic E-state index is 0.159. The van der Waals surface area contributed by atoms with Crippen molar-refractivity contribution >= 4 is 11.9 Å². The molecular weight excluding hydrogens is 258 g/mol. The van der Waals surface area contributed by atoms with E-state index in [4.69, 9.17) is 9.84 Å². The molecule has 2 unspecified atom stereocenters. The Hall–Kier alpha value is -1.88. The van der Waals surface area contributed by atoms with Crippen LogP contribution in [0.5, 0.6) is 0 Å². The molecule has 0 radical (unpaired) electrons. The summed E-state index contributed by atoms with van der Waals surface area (Å²) in [7, 11) is 1.63. The van der Waals surface area contributed by atoms with Crippen molar-refractivity contribution in [3.8, 4) is 0 Å². The lowest BCUT2D eigenvalue weighted by Gasteiger charge is -2.26. The lowest BCUT2D eigenvalue weighted by Crippen LogP contribution is -2.44. The van der Waals surface area contributed by atoms with Crippen LogP contribution in [0, 0.1) is 5.92 Å². The van der Waals surface area contributed by atoms with Crippen LogP contribution in [0.25, 0.3) is 0 Å². The van der Waals surface area contributed by atoms with Gasteiger partial charge < -0.3 is 14.7 Å². The van der Waals surface area contributed by atoms with E-state index in [9.17, 15) is 9.59 Å². The van der Waals surface area contributed by atoms with Crippen LogP contribution in [-0.2, 0) is 16.0 Å². The number of carboxylic acids is 1. The zero-order valence-electron chi connectivity index (χ0n) is 11.7. The van der Waals surface area contributed by atoms with Gasteiger partial charge in [-0.1, -0.05) is 19.1 Å². The van der Waals surface area contributed by atoms with Crippen LogP contribution in [0.4, 0.5) is 0 Å². The normalized spacial score (nSPS) is 21.7. The lowest BCUT2D eigenvalue weighted by atomic mass is 10.0. The van der Waals surface area contributed by atoms with E-state index < -0.39 is 17.9 Å². The highest BCUT2D eigenvalue weighted by Crippen LogP contribution is 2.21. The highest BCUT2D eigenvalue weighted by atomic mass is 16.5. The number of ether oxygens (including phenoxy) is 1. The van der Waals surface area contributed by atoms with Crippen molar-refractivity contribution in [1.82, 2.24) is 4.90 Å². The smallest absolute Gasteiger partial charge is 0.311 e. The highest BCUT2D eigenvalue weighted by molar-refractivity contribution is 5.94. The molecule has 1 saturated heterocycles. The molecule has 1 N–H and O–H groups in total. The number of carboxylic acid groups (broad SMARTS) is 1. The van der Waals surface area contributed by atoms with Crippen LogP contribution in [0.2, 0.25) is 0 Å². The fourth-order valence-corrected chi connectivity index (χ4v) is 2.40. The van der Waals surface area contributed by atoms with E-state index in [1.165, 1.54) is 4.90 Å². The first-order chi connectivity index (χ1) is 9.54. The lowest BCUT2D eigenvalue weighted by molar-refractivity contribution is -0.142. The number of hydrogen-bond donors (Lipinski definition) is 1. The number of amides is 1. The molecular formula is C15H19NO4. The molecule has 1 aliphatic rings. The maximum Gasteiger partial charge on any atom is 0.311 e. The zero-order chi connectivity index (χ0) is 14.7. The maximum atomic E-state index is 12.4. The third kappa shape index (κ3) is 2.82. The standard InChI is InChI=1S/C15H19NO4/c1-3-10-4-6-11(7-5-10)14(17)16(2)13-9-20-8-12(13)15(18)19/h4-7,12-13H,3,8-9H2,1-2H3,(H,18,19). The van der Waals surface area contributed by atoms with E-state index in [-0.39, 0.29) is 19.1 Å². The van der Waals surface area contributed by atoms with Gasteiger partial charge in [-0.15, -0.1) is 0 Å². The molecule has 0 aliphatic carbocycles. The molecule has 1 fully saturated rings. The molecule has 0 saturated carbocycles. The number of hydrogen-bond acceptors (Lipinski definition) is 3. The number of benzene rings is 1. The van der Waals surface area contributed by atoms with Gasteiger partial charge in [0.05, 0.1) is 19.3 Å². The fourth-order valence-electron chi connectivity index (χ4n) is 2.40. The van der Waals surface area contributed by atoms with E-state index in [1.54, 1.807) is 19.2 Å². The summed E-state index contributed by atoms with van der Waals surface area (Å²) in [6.45, 7) is 2.48. The Morgan fingerprint density at radius 3 is 2.50 bits per heavy atom. The molecule has 1 amide bonds. The van der Waals surface area contributed by atoms with Crippen LogP contribution >= 0.6 is 0 Å². The average molecular weight is 277 g/mol. The van der Waals surface area contributed by atoms with Crippen molar-refractivity contribution in [2.24, 2.45) is 5.92 Å². The minimum Gasteiger partial charge on any atom is -0.481 e. The number of carbonyl (C=O) groups is 2. The number of carbonyl (C=O) groups excluding carboxylic acids is 1. The van der Waals surface area contributed by atoms with Gasteiger partial charge in [-0.05, 0) is 24.1 Å². The highest BCUT2D eigenvalue weighted by Gasteiger charge is 2.38. The van der Waals surface area contributed by atoms with Crippen molar-refractivity contribution in [2.45, 2.75) is 19.4 Å². The van der Waals surface area contributed by atoms with Gasteiger partial charge in [-0.25, -0.2) is 0 Å². The largest absolute Gasteiger partial charge is 0.481 e. The summed E-state index contributed by atoms with van der Waals surface area (Å²) in [5.74, 6) is -1.75. The maximum absolute atomic E-state index is 12.4. The van der Waals surface area contributed by atoms with Crippen LogP contribution in [0.3, 0.4) is 0 Å². The summed E-state index contributed by atoms with van der Waals surface area (Å²) in [6, 6.07) is 6.99. The van der Waals surface area contributed by atoms with E-state index in [1.807, 2.05) is 12.1 Å². The van der Waals surface area contributed by atoms with Gasteiger partial charge in [0.2, 0.25) is 0 Å². The van der Waals surface area contributed by atoms with Crippen molar-refractivity contribution in [3.63, 3.8) is 0 Å². The number of likely N-dealkylation sites (N-methyl/N-ethyl adjacent to an activating group) is 1. The van der Waals surface area contributed by atoms with E-state index >= 15 is 0 Å². The Morgan fingerprint density at radius 1 is 1.30 bits per heavy atom. The minimum atomic E-state index is -0.923. The number of aryl methyl sites for hydroxylation is 1. The van der Waals surface area contributed by atoms with Crippen LogP contribution in [0.1, 0.15) is 22.8 Å². The van der Waals surface area contributed by atoms with Gasteiger partial charge in [-0.3, -0.25) is 9.59 Å². The average Bonchev–Trinajstić information content (AvgIpc) is 2.95. The first-order valence-corrected chi connectivity index (χ1v) is 6.71. The monoisotopic (exact) mass is 277 g/mol. The van der Waals surface area contributed by atoms with Crippen LogP contribution in [-0.4, -0.2) is 48.2 Å². The molecule has 1 aliphatic heterocycles. The molecule has 1 heterocycles. The summed E-state index contributed by atoms with van der Waals surface area (Å²) in [5, 5.41) is 9.14. The van der Waals surface area contributed by atoms with Crippen molar-refractivity contribution in [1.29, 1.82) is 0 Å². The Labute approximate surface area is 118 Å². The third-order valence-corrected chi connectivity index (χ3v) is 3.79. The molecule has 0 spiro atoms. The first-order valence-electron chi connectivity index (χ1n) is 6.71. The Kier molecular flexibility index (Phi) is 4.39. The predicted octanol–water partition coefficient (Wildman–Crippen LogP) is 1.42. The van der Waals surface area contributed by atoms with Gasteiger partial charge in [0.1, 0.15) is 5.92 Å². The summed E-state index contributed by atoms with van der Waals surface area (Å²) < 4.78 is 5.20. The van der Waals surface area contributed by atoms with Crippen molar-refractivity contribution in [2.75, 3.05) is 20.3 Å². The van der Waals surface area contributed by atoms with Crippen LogP contribution < -0.4 is 0 Å². The molecule has 0 bridgehead atoms. The molecule has 108 valence electrons. The molecule has 2 atom stereocenters. The second kappa shape index (κ2) is 6.05. The summed E-state index contributed by atoms with van der Waals surface area (Å²) >= 11 is 0. The number of nitrogens with zero attached hydrogens (tertiary/aromatic N) is 1. The molecule has 1 aromatic rings. The van der Waals surface area contributed by atoms with Gasteiger partial charge >= 0.3 is 5.97 Å². The van der Waals surface area contributed by atoms with Gasteiger partial charge in [0, 0.05) is 12.6 Å². The second-order valence-corrected chi connectivity index (χ2v) is 5.02. The molecule has 2 rings (SSSR count). The van der Waals surface area contributed by atoms with E-state index in [0.717, 1.165) is 12.0 Å². The van der Waals surface area contributed by atoms with E-state index in [0.29, 0.717) is 5.56 Å². The Morgan fingerprint density at radius 2 is 1.95 bits per heavy atom. The third-order valence-electron chi connectivity index (χ3n) is 3.79. The zero-order valence-corrected chi connectivity index (χ0v) is 11.7. The van der Waals surface area contributed by atoms with Crippen molar-refractivity contribution in [3.05, 3.63) is 35.4 Å². The number of aliphatic carboxylic acids is 1. The Bertz CT molecular complexity index is 497. The van der Waals surface area contributed by atoms with Gasteiger partial charge in [0.25, 0.3) is 5.91 Å².